The van der Waals surface area contributed by atoms with Gasteiger partial charge in [-0.15, -0.1) is 11.6 Å². The molecule has 20 aliphatic carbocycles. The van der Waals surface area contributed by atoms with Crippen LogP contribution in [0.1, 0.15) is 626 Å². The van der Waals surface area contributed by atoms with E-state index in [0.29, 0.717) is 90.0 Å². The molecular weight excluding hydrogens is 1850 g/mol. The van der Waals surface area contributed by atoms with Crippen molar-refractivity contribution in [2.75, 3.05) is 33.3 Å². The number of hydrogen-bond acceptors (Lipinski definition) is 11. The molecule has 0 aromatic rings. The highest BCUT2D eigenvalue weighted by atomic mass is 35.5. The van der Waals surface area contributed by atoms with E-state index in [4.69, 9.17) is 64.8 Å². The molecule has 0 amide bonds. The second-order valence-corrected chi connectivity index (χ2v) is 48.1. The summed E-state index contributed by atoms with van der Waals surface area (Å²) in [6.45, 7) is 60.1. The Morgan fingerprint density at radius 3 is 1.01 bits per heavy atom. The molecule has 0 saturated heterocycles. The summed E-state index contributed by atoms with van der Waals surface area (Å²) >= 11 is 5.49. The topological polar surface area (TPSA) is 131 Å². The number of nitriles is 2. The Kier molecular flexibility index (Phi) is 109. The number of methoxy groups -OCH3 is 2. The summed E-state index contributed by atoms with van der Waals surface area (Å²) in [6, 6.07) is 4.34. The van der Waals surface area contributed by atoms with Crippen molar-refractivity contribution in [3.63, 3.8) is 0 Å². The number of alkyl halides is 1. The zero-order valence-electron chi connectivity index (χ0n) is 88.9. The summed E-state index contributed by atoms with van der Waals surface area (Å²) in [6.07, 6.45) is 65.1. The van der Waals surface area contributed by atoms with Crippen LogP contribution in [0.3, 0.4) is 0 Å². The highest BCUT2D eigenvalue weighted by Gasteiger charge is 2.64. The minimum atomic E-state index is -0.304. The van der Waals surface area contributed by atoms with Gasteiger partial charge in [0.25, 0.3) is 0 Å². The zero-order valence-corrected chi connectivity index (χ0v) is 89.7. The Labute approximate surface area is 955 Å². The quantitative estimate of drug-likeness (QED) is 0.0503. The van der Waals surface area contributed by atoms with Crippen LogP contribution in [0.4, 0.5) is 0 Å². The second-order valence-electron chi connectivity index (χ2n) is 47.8. The van der Waals surface area contributed by atoms with Crippen molar-refractivity contribution in [2.45, 2.75) is 711 Å². The molecular formula is C137H299ClN2O9. The molecule has 918 valence electrons. The van der Waals surface area contributed by atoms with E-state index in [1.165, 1.54) is 180 Å². The van der Waals surface area contributed by atoms with Gasteiger partial charge in [0, 0.05) is 26.7 Å². The van der Waals surface area contributed by atoms with Gasteiger partial charge < -0.3 is 42.6 Å². The fourth-order valence-corrected chi connectivity index (χ4v) is 28.8. The van der Waals surface area contributed by atoms with E-state index in [9.17, 15) is 0 Å². The van der Waals surface area contributed by atoms with Crippen LogP contribution in [-0.2, 0) is 42.6 Å². The maximum atomic E-state index is 8.45. The fourth-order valence-electron chi connectivity index (χ4n) is 28.5. The molecule has 0 aromatic heterocycles. The van der Waals surface area contributed by atoms with Gasteiger partial charge in [0.05, 0.1) is 114 Å². The molecule has 0 spiro atoms. The number of hydrogen-bond donors (Lipinski definition) is 0. The summed E-state index contributed by atoms with van der Waals surface area (Å²) in [4.78, 5) is 0. The first-order valence-corrected chi connectivity index (χ1v) is 55.9. The molecule has 20 rings (SSSR count). The highest BCUT2D eigenvalue weighted by Crippen LogP contribution is 2.69. The van der Waals surface area contributed by atoms with Crippen LogP contribution in [0.5, 0.6) is 0 Å². The van der Waals surface area contributed by atoms with E-state index in [-0.39, 0.29) is 185 Å². The van der Waals surface area contributed by atoms with Gasteiger partial charge in [0.15, 0.2) is 0 Å². The molecule has 0 N–H and O–H groups in total. The number of halogens is 1. The van der Waals surface area contributed by atoms with Gasteiger partial charge in [-0.1, -0.05) is 265 Å². The summed E-state index contributed by atoms with van der Waals surface area (Å²) < 4.78 is 52.4. The van der Waals surface area contributed by atoms with Crippen molar-refractivity contribution >= 4 is 11.6 Å². The van der Waals surface area contributed by atoms with Crippen LogP contribution in [0.25, 0.3) is 0 Å². The Morgan fingerprint density at radius 2 is 0.678 bits per heavy atom. The number of ether oxygens (including phenoxy) is 9. The van der Waals surface area contributed by atoms with Gasteiger partial charge in [-0.25, -0.2) is 0 Å². The van der Waals surface area contributed by atoms with Gasteiger partial charge in [-0.2, -0.15) is 10.5 Å². The Morgan fingerprint density at radius 1 is 0.322 bits per heavy atom. The van der Waals surface area contributed by atoms with Crippen molar-refractivity contribution in [1.29, 1.82) is 10.5 Å². The first-order chi connectivity index (χ1) is 60.4. The molecule has 0 aliphatic heterocycles. The lowest BCUT2D eigenvalue weighted by Gasteiger charge is -2.62. The van der Waals surface area contributed by atoms with E-state index < -0.39 is 0 Å². The standard InChI is InChI=1S/C17H30O.C16H26O.2C15H26O.C14H24O.C10H20O.C6H10ClN.C6H11N.C6H14O.2C5H12O.22CH4/c1-5-12(2)18-16(3,4)17-9-13-6-14(10-17)8-15(7-13)11-17;1-3-9(2)17-14-8-12-7-13(14)16-11-5-4-10(6-11)15(12)16;1-4-10(2)16-15(3)13-6-11-5-12(8-13)9-14(15)7-11;1-3-11(2)16-10-15-7-12-4-13(8-15)6-14(5-12)9-15;1-3-9(2)15-14-8-10-7-13(14)12-6-4-5-11(10)12;1-3-9(2)11-10-7-5-4-6-8-10;1-3-6(2,4-7)5-8;1-4-6(2,3)5-7;1-4-6(3)7-5-2;2*1-4-5(2)6-3;;;;;;;;;;;;;;;;;;;;;;/h12-15H,5-11H2,1-4H3;9-16H,3-8H2,1-2H3;10-14H,4-9H2,1-3H3;11-14H,3-10H2,1-2H3;9-14H,3-8H2,1-2H3;9-10H,3-8H2,1-2H3;3-4H2,1-2H3;4H2,1-3H3;6H,4-5H2,1-3H3;2*5H,4H2,1-3H3;22*1H4. The van der Waals surface area contributed by atoms with Crippen molar-refractivity contribution in [3.8, 4) is 12.1 Å². The van der Waals surface area contributed by atoms with Gasteiger partial charge in [0.2, 0.25) is 0 Å². The average molecular weight is 2150 g/mol. The lowest BCUT2D eigenvalue weighted by Crippen LogP contribution is -2.58. The summed E-state index contributed by atoms with van der Waals surface area (Å²) in [7, 11) is 3.46. The predicted octanol–water partition coefficient (Wildman–Crippen LogP) is 46.3. The Hall–Kier alpha value is -1.09. The third kappa shape index (κ3) is 53.2. The number of nitrogens with zero attached hydrogens (tertiary/aromatic N) is 2. The molecule has 22 atom stereocenters. The molecule has 0 heterocycles. The minimum absolute atomic E-state index is 0. The van der Waals surface area contributed by atoms with Gasteiger partial charge in [-0.05, 0) is 490 Å². The monoisotopic (exact) mass is 2150 g/mol. The first kappa shape index (κ1) is 183. The Bertz CT molecular complexity index is 2940. The molecule has 22 unspecified atom stereocenters. The Balaban J connectivity index is -0.0000000936. The molecule has 20 fully saturated rings. The van der Waals surface area contributed by atoms with E-state index in [2.05, 4.69) is 158 Å². The normalized spacial score (nSPS) is 32.4. The van der Waals surface area contributed by atoms with E-state index in [1.54, 1.807) is 52.7 Å². The van der Waals surface area contributed by atoms with Crippen molar-refractivity contribution in [3.05, 3.63) is 0 Å². The molecule has 18 bridgehead atoms. The molecule has 0 radical (unpaired) electrons. The van der Waals surface area contributed by atoms with Crippen LogP contribution >= 0.6 is 11.6 Å². The summed E-state index contributed by atoms with van der Waals surface area (Å²) in [5.74, 6) is 21.1. The second kappa shape index (κ2) is 88.6. The smallest absolute Gasteiger partial charge is 0.0714 e. The summed E-state index contributed by atoms with van der Waals surface area (Å²) in [5, 5.41) is 16.8. The third-order valence-corrected chi connectivity index (χ3v) is 38.2. The number of rotatable bonds is 30. The van der Waals surface area contributed by atoms with Crippen LogP contribution in [0.2, 0.25) is 0 Å². The maximum absolute atomic E-state index is 8.45. The van der Waals surface area contributed by atoms with Crippen molar-refractivity contribution in [1.82, 2.24) is 0 Å². The van der Waals surface area contributed by atoms with Crippen LogP contribution in [0, 0.1) is 163 Å². The van der Waals surface area contributed by atoms with Crippen molar-refractivity contribution < 1.29 is 42.6 Å². The molecule has 11 nitrogen and oxygen atoms in total. The molecule has 0 aromatic carbocycles. The van der Waals surface area contributed by atoms with E-state index in [0.717, 1.165) is 189 Å². The third-order valence-electron chi connectivity index (χ3n) is 37.7. The fraction of sp³-hybridized carbons (Fsp3) is 0.985. The maximum Gasteiger partial charge on any atom is 0.0714 e. The van der Waals surface area contributed by atoms with Gasteiger partial charge in [0.1, 0.15) is 0 Å². The summed E-state index contributed by atoms with van der Waals surface area (Å²) in [5.41, 5.74) is 1.01. The van der Waals surface area contributed by atoms with E-state index >= 15 is 0 Å². The molecule has 20 saturated carbocycles. The van der Waals surface area contributed by atoms with Crippen LogP contribution < -0.4 is 0 Å². The predicted molar refractivity (Wildman–Crippen MR) is 684 cm³/mol. The molecule has 149 heavy (non-hydrogen) atoms. The highest BCUT2D eigenvalue weighted by molar-refractivity contribution is 6.18. The lowest BCUT2D eigenvalue weighted by atomic mass is 9.46. The van der Waals surface area contributed by atoms with Crippen LogP contribution in [0.15, 0.2) is 0 Å². The van der Waals surface area contributed by atoms with E-state index in [1.807, 2.05) is 41.5 Å². The average Bonchev–Trinajstić information content (AvgIpc) is 1.56. The SMILES string of the molecule is C.C.C.C.C.C.C.C.C.C.C.C.C.C.C.C.C.C.C.C.C.C.CCC(C)(C#N)CCl.CCC(C)(C)C#N.CCC(C)OC.CCC(C)OC.CCC(C)OC(C)(C)C12CC3CC(CC(C3)C1)C2.CCC(C)OC1(C)C2CC3CC(C2)CC1C3.CCC(C)OC1CC2CC1C1C3CCC(C3)C21.CCC(C)OC1CC2CC1C1CCCC21.CCC(C)OC1CCCCC1.CCC(C)OCC12CC3CC(CC(C3)C1)C2.CCOC(C)CC. The van der Waals surface area contributed by atoms with Gasteiger partial charge >= 0.3 is 0 Å². The van der Waals surface area contributed by atoms with Crippen molar-refractivity contribution in [2.24, 2.45) is 140 Å². The zero-order chi connectivity index (χ0) is 93.8. The van der Waals surface area contributed by atoms with Crippen LogP contribution in [-0.4, -0.2) is 118 Å². The lowest BCUT2D eigenvalue weighted by molar-refractivity contribution is -0.213. The first-order valence-electron chi connectivity index (χ1n) is 55.4. The van der Waals surface area contributed by atoms with Gasteiger partial charge in [-0.3, -0.25) is 0 Å². The number of fused-ring (bicyclic) bond motifs is 14. The largest absolute Gasteiger partial charge is 0.382 e. The molecule has 20 aliphatic rings. The minimum Gasteiger partial charge on any atom is -0.382 e. The molecule has 12 heteroatoms.